The van der Waals surface area contributed by atoms with Gasteiger partial charge < -0.3 is 14.7 Å². The number of para-hydroxylation sites is 1. The van der Waals surface area contributed by atoms with Crippen molar-refractivity contribution in [2.75, 3.05) is 7.11 Å². The second-order valence-corrected chi connectivity index (χ2v) is 6.20. The van der Waals surface area contributed by atoms with Crippen molar-refractivity contribution in [3.8, 4) is 5.75 Å². The number of benzene rings is 1. The highest BCUT2D eigenvalue weighted by Crippen LogP contribution is 2.07. The number of hydrogen-bond acceptors (Lipinski definition) is 2. The van der Waals surface area contributed by atoms with Gasteiger partial charge in [-0.2, -0.15) is 0 Å². The predicted molar refractivity (Wildman–Crippen MR) is 100 cm³/mol. The number of aromatic amines is 2. The van der Waals surface area contributed by atoms with Crippen molar-refractivity contribution >= 4 is 17.8 Å². The molecule has 0 atom stereocenters. The average Bonchev–Trinajstić information content (AvgIpc) is 3.33. The summed E-state index contributed by atoms with van der Waals surface area (Å²) in [5.41, 5.74) is 3.25. The molecule has 3 aromatic rings. The fourth-order valence-electron chi connectivity index (χ4n) is 3.14. The van der Waals surface area contributed by atoms with E-state index in [2.05, 4.69) is 47.2 Å². The quantitative estimate of drug-likeness (QED) is 0.745. The lowest BCUT2D eigenvalue weighted by molar-refractivity contribution is 0.412. The lowest BCUT2D eigenvalue weighted by Crippen LogP contribution is -2.19. The molecule has 0 saturated heterocycles. The van der Waals surface area contributed by atoms with E-state index in [1.807, 2.05) is 24.3 Å². The van der Waals surface area contributed by atoms with Crippen molar-refractivity contribution in [2.24, 2.45) is 4.99 Å². The first-order valence-corrected chi connectivity index (χ1v) is 8.59. The van der Waals surface area contributed by atoms with E-state index in [1.165, 1.54) is 5.69 Å². The number of rotatable bonds is 4. The maximum Gasteiger partial charge on any atom is 0.144 e. The van der Waals surface area contributed by atoms with Gasteiger partial charge in [0.05, 0.1) is 28.9 Å². The number of methoxy groups -OCH3 is 1. The van der Waals surface area contributed by atoms with Gasteiger partial charge in [0.2, 0.25) is 0 Å². The van der Waals surface area contributed by atoms with Crippen molar-refractivity contribution in [3.05, 3.63) is 75.1 Å². The first-order chi connectivity index (χ1) is 12.3. The van der Waals surface area contributed by atoms with Gasteiger partial charge in [-0.1, -0.05) is 31.5 Å². The zero-order valence-electron chi connectivity index (χ0n) is 14.5. The molecule has 0 amide bonds. The van der Waals surface area contributed by atoms with Gasteiger partial charge >= 0.3 is 0 Å². The highest BCUT2D eigenvalue weighted by atomic mass is 16.5. The Morgan fingerprint density at radius 3 is 2.80 bits per heavy atom. The van der Waals surface area contributed by atoms with Crippen LogP contribution in [0.4, 0.5) is 0 Å². The van der Waals surface area contributed by atoms with Crippen LogP contribution in [0.25, 0.3) is 17.8 Å². The number of nitrogens with one attached hydrogen (secondary N) is 2. The highest BCUT2D eigenvalue weighted by molar-refractivity contribution is 5.76. The Kier molecular flexibility index (Phi) is 4.02. The van der Waals surface area contributed by atoms with E-state index in [9.17, 15) is 0 Å². The van der Waals surface area contributed by atoms with Gasteiger partial charge in [0.15, 0.2) is 0 Å². The third-order valence-corrected chi connectivity index (χ3v) is 4.36. The van der Waals surface area contributed by atoms with Crippen LogP contribution in [0.15, 0.2) is 47.5 Å². The molecule has 0 bridgehead atoms. The summed E-state index contributed by atoms with van der Waals surface area (Å²) in [7, 11) is 1.69. The summed E-state index contributed by atoms with van der Waals surface area (Å²) in [6.45, 7) is 2.18. The van der Waals surface area contributed by atoms with Gasteiger partial charge in [-0.3, -0.25) is 0 Å². The molecule has 0 radical (unpaired) electrons. The fraction of sp³-hybridized carbons (Fsp3) is 0.190. The smallest absolute Gasteiger partial charge is 0.144 e. The minimum atomic E-state index is 0.814. The summed E-state index contributed by atoms with van der Waals surface area (Å²) in [6, 6.07) is 14.4. The summed E-state index contributed by atoms with van der Waals surface area (Å²) < 4.78 is 5.54. The van der Waals surface area contributed by atoms with Crippen LogP contribution in [-0.4, -0.2) is 17.1 Å². The Balaban J connectivity index is 1.82. The molecular weight excluding hydrogens is 310 g/mol. The van der Waals surface area contributed by atoms with Crippen LogP contribution in [0.5, 0.6) is 5.75 Å². The van der Waals surface area contributed by atoms with Crippen LogP contribution in [0.2, 0.25) is 0 Å². The van der Waals surface area contributed by atoms with Crippen LogP contribution in [0.1, 0.15) is 24.7 Å². The molecule has 4 nitrogen and oxygen atoms in total. The average molecular weight is 331 g/mol. The summed E-state index contributed by atoms with van der Waals surface area (Å²) >= 11 is 0. The van der Waals surface area contributed by atoms with Gasteiger partial charge in [0.1, 0.15) is 5.75 Å². The van der Waals surface area contributed by atoms with Gasteiger partial charge in [0.25, 0.3) is 0 Å². The van der Waals surface area contributed by atoms with Gasteiger partial charge in [0, 0.05) is 22.7 Å². The molecule has 0 aliphatic carbocycles. The first-order valence-electron chi connectivity index (χ1n) is 8.59. The molecule has 126 valence electrons. The van der Waals surface area contributed by atoms with E-state index in [1.54, 1.807) is 7.11 Å². The normalized spacial score (nSPS) is 15.7. The van der Waals surface area contributed by atoms with E-state index >= 15 is 0 Å². The SMILES string of the molecule is CCCc1ccc(C=c2[nH]c(=C3C=c4ccccc4=N3)cc2OC)[nH]1. The van der Waals surface area contributed by atoms with Crippen LogP contribution in [0.3, 0.4) is 0 Å². The number of nitrogens with zero attached hydrogens (tertiary/aromatic N) is 1. The Morgan fingerprint density at radius 2 is 2.00 bits per heavy atom. The van der Waals surface area contributed by atoms with Crippen LogP contribution in [-0.2, 0) is 6.42 Å². The number of hydrogen-bond donors (Lipinski definition) is 2. The highest BCUT2D eigenvalue weighted by Gasteiger charge is 2.05. The zero-order valence-corrected chi connectivity index (χ0v) is 14.5. The Hall–Kier alpha value is -3.01. The molecule has 2 aromatic heterocycles. The Morgan fingerprint density at radius 1 is 1.12 bits per heavy atom. The van der Waals surface area contributed by atoms with Crippen molar-refractivity contribution in [2.45, 2.75) is 19.8 Å². The van der Waals surface area contributed by atoms with E-state index in [0.29, 0.717) is 0 Å². The van der Waals surface area contributed by atoms with Crippen molar-refractivity contribution in [1.29, 1.82) is 0 Å². The van der Waals surface area contributed by atoms with Gasteiger partial charge in [-0.15, -0.1) is 0 Å². The van der Waals surface area contributed by atoms with Crippen LogP contribution < -0.4 is 26.0 Å². The number of aromatic nitrogens is 2. The first kappa shape index (κ1) is 15.5. The Bertz CT molecular complexity index is 1110. The molecule has 2 N–H and O–H groups in total. The predicted octanol–water partition coefficient (Wildman–Crippen LogP) is 1.35. The van der Waals surface area contributed by atoms with Crippen molar-refractivity contribution < 1.29 is 4.74 Å². The van der Waals surface area contributed by atoms with Gasteiger partial charge in [-0.05, 0) is 36.8 Å². The molecule has 25 heavy (non-hydrogen) atoms. The second kappa shape index (κ2) is 6.48. The lowest BCUT2D eigenvalue weighted by atomic mass is 10.3. The third-order valence-electron chi connectivity index (χ3n) is 4.36. The molecule has 0 fully saturated rings. The van der Waals surface area contributed by atoms with Crippen LogP contribution >= 0.6 is 0 Å². The molecule has 0 unspecified atom stereocenters. The molecule has 0 spiro atoms. The number of ether oxygens (including phenoxy) is 1. The summed E-state index contributed by atoms with van der Waals surface area (Å²) in [5.74, 6) is 0.814. The monoisotopic (exact) mass is 331 g/mol. The molecule has 1 aliphatic rings. The Labute approximate surface area is 145 Å². The maximum atomic E-state index is 5.54. The molecule has 1 aliphatic heterocycles. The second-order valence-electron chi connectivity index (χ2n) is 6.20. The third kappa shape index (κ3) is 3.03. The number of H-pyrrole nitrogens is 2. The largest absolute Gasteiger partial charge is 0.494 e. The minimum Gasteiger partial charge on any atom is -0.494 e. The number of aryl methyl sites for hydroxylation is 1. The fourth-order valence-corrected chi connectivity index (χ4v) is 3.14. The lowest BCUT2D eigenvalue weighted by Gasteiger charge is -1.93. The van der Waals surface area contributed by atoms with E-state index in [-0.39, 0.29) is 0 Å². The molecular formula is C21H21N3O. The standard InChI is InChI=1S/C21H21N3O/c1-3-6-15-9-10-16(22-15)12-20-21(25-2)13-19(24-20)18-11-14-7-4-5-8-17(14)23-18/h4-5,7-13,22,24H,3,6H2,1-2H3. The van der Waals surface area contributed by atoms with E-state index in [4.69, 9.17) is 9.73 Å². The molecule has 0 saturated carbocycles. The van der Waals surface area contributed by atoms with Crippen molar-refractivity contribution in [3.63, 3.8) is 0 Å². The van der Waals surface area contributed by atoms with E-state index in [0.717, 1.165) is 51.3 Å². The topological polar surface area (TPSA) is 53.2 Å². The molecule has 3 heterocycles. The minimum absolute atomic E-state index is 0.814. The summed E-state index contributed by atoms with van der Waals surface area (Å²) in [4.78, 5) is 11.6. The maximum absolute atomic E-state index is 5.54. The summed E-state index contributed by atoms with van der Waals surface area (Å²) in [5, 5.41) is 4.05. The van der Waals surface area contributed by atoms with Crippen molar-refractivity contribution in [1.82, 2.24) is 9.97 Å². The molecule has 4 heteroatoms. The van der Waals surface area contributed by atoms with Gasteiger partial charge in [-0.25, -0.2) is 4.99 Å². The van der Waals surface area contributed by atoms with E-state index < -0.39 is 0 Å². The zero-order chi connectivity index (χ0) is 17.2. The summed E-state index contributed by atoms with van der Waals surface area (Å²) in [6.07, 6.45) is 6.36. The molecule has 1 aromatic carbocycles. The number of fused-ring (bicyclic) bond motifs is 1. The van der Waals surface area contributed by atoms with Crippen LogP contribution in [0, 0.1) is 0 Å². The molecule has 4 rings (SSSR count).